The van der Waals surface area contributed by atoms with Crippen LogP contribution in [0.3, 0.4) is 0 Å². The van der Waals surface area contributed by atoms with Crippen molar-refractivity contribution in [2.75, 3.05) is 33.3 Å². The number of hydrogen-bond acceptors (Lipinski definition) is 3. The van der Waals surface area contributed by atoms with E-state index in [4.69, 9.17) is 16.3 Å². The molecule has 1 aliphatic heterocycles. The smallest absolute Gasteiger partial charge is 0.253 e. The summed E-state index contributed by atoms with van der Waals surface area (Å²) in [6.45, 7) is 2.17. The predicted octanol–water partition coefficient (Wildman–Crippen LogP) is 2.88. The molecule has 0 aromatic heterocycles. The summed E-state index contributed by atoms with van der Waals surface area (Å²) in [4.78, 5) is 28.6. The van der Waals surface area contributed by atoms with Crippen LogP contribution < -0.4 is 4.74 Å². The van der Waals surface area contributed by atoms with Gasteiger partial charge in [0.25, 0.3) is 5.91 Å². The van der Waals surface area contributed by atoms with Crippen molar-refractivity contribution in [1.29, 1.82) is 0 Å². The third-order valence-electron chi connectivity index (χ3n) is 4.53. The van der Waals surface area contributed by atoms with Crippen molar-refractivity contribution < 1.29 is 14.3 Å². The predicted molar refractivity (Wildman–Crippen MR) is 101 cm³/mol. The first kappa shape index (κ1) is 18.3. The number of ether oxygens (including phenoxy) is 1. The fourth-order valence-corrected chi connectivity index (χ4v) is 3.09. The van der Waals surface area contributed by atoms with E-state index in [1.165, 1.54) is 0 Å². The van der Waals surface area contributed by atoms with Gasteiger partial charge in [-0.3, -0.25) is 9.59 Å². The number of methoxy groups -OCH3 is 1. The van der Waals surface area contributed by atoms with Crippen LogP contribution in [0.5, 0.6) is 5.75 Å². The summed E-state index contributed by atoms with van der Waals surface area (Å²) in [6.07, 6.45) is 0.356. The molecule has 6 heteroatoms. The van der Waals surface area contributed by atoms with Crippen molar-refractivity contribution in [3.8, 4) is 5.75 Å². The molecular weight excluding hydrogens is 352 g/mol. The van der Waals surface area contributed by atoms with E-state index in [0.29, 0.717) is 43.2 Å². The highest BCUT2D eigenvalue weighted by Crippen LogP contribution is 2.15. The number of benzene rings is 2. The molecule has 1 fully saturated rings. The topological polar surface area (TPSA) is 49.9 Å². The average molecular weight is 373 g/mol. The number of halogens is 1. The van der Waals surface area contributed by atoms with E-state index in [0.717, 1.165) is 11.3 Å². The summed E-state index contributed by atoms with van der Waals surface area (Å²) in [6, 6.07) is 14.4. The minimum Gasteiger partial charge on any atom is -0.497 e. The lowest BCUT2D eigenvalue weighted by molar-refractivity contribution is -0.131. The summed E-state index contributed by atoms with van der Waals surface area (Å²) >= 11 is 5.86. The second-order valence-electron chi connectivity index (χ2n) is 6.20. The minimum absolute atomic E-state index is 0.0241. The molecule has 0 atom stereocenters. The van der Waals surface area contributed by atoms with Gasteiger partial charge in [0.05, 0.1) is 13.5 Å². The first-order valence-corrected chi connectivity index (χ1v) is 8.90. The molecule has 26 heavy (non-hydrogen) atoms. The molecule has 1 saturated heterocycles. The molecule has 2 aromatic rings. The Morgan fingerprint density at radius 3 is 2.08 bits per heavy atom. The average Bonchev–Trinajstić information content (AvgIpc) is 2.69. The molecule has 0 aliphatic carbocycles. The normalized spacial score (nSPS) is 14.2. The van der Waals surface area contributed by atoms with Gasteiger partial charge < -0.3 is 14.5 Å². The van der Waals surface area contributed by atoms with Gasteiger partial charge in [-0.15, -0.1) is 0 Å². The highest BCUT2D eigenvalue weighted by atomic mass is 35.5. The largest absolute Gasteiger partial charge is 0.497 e. The zero-order valence-electron chi connectivity index (χ0n) is 14.7. The standard InChI is InChI=1S/C20H21ClN2O3/c1-26-18-8-2-15(3-9-18)14-19(24)22-10-12-23(13-11-22)20(25)16-4-6-17(21)7-5-16/h2-9H,10-14H2,1H3. The number of amides is 2. The Morgan fingerprint density at radius 1 is 0.923 bits per heavy atom. The molecule has 0 saturated carbocycles. The Balaban J connectivity index is 1.53. The Hall–Kier alpha value is -2.53. The lowest BCUT2D eigenvalue weighted by Crippen LogP contribution is -2.51. The number of piperazine rings is 1. The molecule has 0 bridgehead atoms. The van der Waals surface area contributed by atoms with Crippen molar-refractivity contribution in [1.82, 2.24) is 9.80 Å². The molecular formula is C20H21ClN2O3. The quantitative estimate of drug-likeness (QED) is 0.829. The van der Waals surface area contributed by atoms with Crippen LogP contribution >= 0.6 is 11.6 Å². The molecule has 2 aromatic carbocycles. The van der Waals surface area contributed by atoms with E-state index in [2.05, 4.69) is 0 Å². The van der Waals surface area contributed by atoms with Crippen LogP contribution in [-0.4, -0.2) is 54.9 Å². The van der Waals surface area contributed by atoms with Crippen molar-refractivity contribution in [2.24, 2.45) is 0 Å². The van der Waals surface area contributed by atoms with E-state index in [-0.39, 0.29) is 11.8 Å². The lowest BCUT2D eigenvalue weighted by atomic mass is 10.1. The molecule has 1 aliphatic rings. The highest BCUT2D eigenvalue weighted by Gasteiger charge is 2.24. The zero-order chi connectivity index (χ0) is 18.5. The first-order valence-electron chi connectivity index (χ1n) is 8.52. The van der Waals surface area contributed by atoms with Gasteiger partial charge in [-0.2, -0.15) is 0 Å². The minimum atomic E-state index is -0.0241. The van der Waals surface area contributed by atoms with Gasteiger partial charge in [0.2, 0.25) is 5.91 Å². The highest BCUT2D eigenvalue weighted by molar-refractivity contribution is 6.30. The summed E-state index contributed by atoms with van der Waals surface area (Å²) in [7, 11) is 1.62. The van der Waals surface area contributed by atoms with Gasteiger partial charge >= 0.3 is 0 Å². The molecule has 0 unspecified atom stereocenters. The van der Waals surface area contributed by atoms with Crippen molar-refractivity contribution in [2.45, 2.75) is 6.42 Å². The maximum Gasteiger partial charge on any atom is 0.253 e. The Kier molecular flexibility index (Phi) is 5.78. The van der Waals surface area contributed by atoms with Crippen LogP contribution in [0.25, 0.3) is 0 Å². The van der Waals surface area contributed by atoms with E-state index >= 15 is 0 Å². The van der Waals surface area contributed by atoms with Crippen LogP contribution in [-0.2, 0) is 11.2 Å². The van der Waals surface area contributed by atoms with E-state index in [9.17, 15) is 9.59 Å². The van der Waals surface area contributed by atoms with E-state index in [1.807, 2.05) is 29.2 Å². The first-order chi connectivity index (χ1) is 12.6. The molecule has 0 N–H and O–H groups in total. The second kappa shape index (κ2) is 8.23. The summed E-state index contributed by atoms with van der Waals surface area (Å²) in [5.41, 5.74) is 1.57. The van der Waals surface area contributed by atoms with Crippen molar-refractivity contribution >= 4 is 23.4 Å². The summed E-state index contributed by atoms with van der Waals surface area (Å²) in [5.74, 6) is 0.827. The SMILES string of the molecule is COc1ccc(CC(=O)N2CCN(C(=O)c3ccc(Cl)cc3)CC2)cc1. The monoisotopic (exact) mass is 372 g/mol. The molecule has 5 nitrogen and oxygen atoms in total. The number of hydrogen-bond donors (Lipinski definition) is 0. The summed E-state index contributed by atoms with van der Waals surface area (Å²) in [5, 5.41) is 0.607. The fourth-order valence-electron chi connectivity index (χ4n) is 2.96. The van der Waals surface area contributed by atoms with Gasteiger partial charge in [-0.1, -0.05) is 23.7 Å². The van der Waals surface area contributed by atoms with Crippen LogP contribution in [0.4, 0.5) is 0 Å². The third kappa shape index (κ3) is 4.35. The molecule has 1 heterocycles. The number of carbonyl (C=O) groups excluding carboxylic acids is 2. The third-order valence-corrected chi connectivity index (χ3v) is 4.78. The van der Waals surface area contributed by atoms with E-state index < -0.39 is 0 Å². The van der Waals surface area contributed by atoms with Gasteiger partial charge in [-0.05, 0) is 42.0 Å². The van der Waals surface area contributed by atoms with Crippen LogP contribution in [0.2, 0.25) is 5.02 Å². The number of nitrogens with zero attached hydrogens (tertiary/aromatic N) is 2. The second-order valence-corrected chi connectivity index (χ2v) is 6.64. The number of carbonyl (C=O) groups is 2. The Morgan fingerprint density at radius 2 is 1.50 bits per heavy atom. The molecule has 0 radical (unpaired) electrons. The number of rotatable bonds is 4. The molecule has 136 valence electrons. The van der Waals surface area contributed by atoms with Crippen LogP contribution in [0.15, 0.2) is 48.5 Å². The summed E-state index contributed by atoms with van der Waals surface area (Å²) < 4.78 is 5.13. The molecule has 0 spiro atoms. The molecule has 3 rings (SSSR count). The van der Waals surface area contributed by atoms with Gasteiger partial charge in [0.1, 0.15) is 5.75 Å². The van der Waals surface area contributed by atoms with Crippen molar-refractivity contribution in [3.63, 3.8) is 0 Å². The van der Waals surface area contributed by atoms with Gasteiger partial charge in [0, 0.05) is 36.8 Å². The fraction of sp³-hybridized carbons (Fsp3) is 0.300. The van der Waals surface area contributed by atoms with E-state index in [1.54, 1.807) is 36.3 Å². The maximum absolute atomic E-state index is 12.5. The Labute approximate surface area is 158 Å². The van der Waals surface area contributed by atoms with Crippen LogP contribution in [0, 0.1) is 0 Å². The zero-order valence-corrected chi connectivity index (χ0v) is 15.4. The van der Waals surface area contributed by atoms with Gasteiger partial charge in [-0.25, -0.2) is 0 Å². The van der Waals surface area contributed by atoms with Gasteiger partial charge in [0.15, 0.2) is 0 Å². The van der Waals surface area contributed by atoms with Crippen molar-refractivity contribution in [3.05, 3.63) is 64.7 Å². The lowest BCUT2D eigenvalue weighted by Gasteiger charge is -2.35. The maximum atomic E-state index is 12.5. The molecule has 2 amide bonds. The Bertz CT molecular complexity index is 767. The van der Waals surface area contributed by atoms with Crippen LogP contribution in [0.1, 0.15) is 15.9 Å².